The molecule has 2 aromatic rings. The molecule has 2 saturated carbocycles. The van der Waals surface area contributed by atoms with Crippen molar-refractivity contribution in [3.05, 3.63) is 47.8 Å². The van der Waals surface area contributed by atoms with Crippen molar-refractivity contribution in [2.75, 3.05) is 0 Å². The molecule has 2 heteroatoms. The number of hydrogen-bond donors (Lipinski definition) is 0. The highest BCUT2D eigenvalue weighted by molar-refractivity contribution is 5.55. The Kier molecular flexibility index (Phi) is 11.3. The second-order valence-corrected chi connectivity index (χ2v) is 12.1. The zero-order valence-corrected chi connectivity index (χ0v) is 23.4. The van der Waals surface area contributed by atoms with Gasteiger partial charge in [-0.25, -0.2) is 9.97 Å². The fraction of sp³-hybridized carbons (Fsp3) is 0.706. The van der Waals surface area contributed by atoms with E-state index >= 15 is 0 Å². The van der Waals surface area contributed by atoms with Crippen LogP contribution in [0.15, 0.2) is 36.7 Å². The van der Waals surface area contributed by atoms with Crippen molar-refractivity contribution in [2.24, 2.45) is 11.8 Å². The van der Waals surface area contributed by atoms with Gasteiger partial charge in [-0.2, -0.15) is 0 Å². The monoisotopic (exact) mass is 488 g/mol. The van der Waals surface area contributed by atoms with Gasteiger partial charge in [0, 0.05) is 18.0 Å². The Bertz CT molecular complexity index is 840. The normalized spacial score (nSPS) is 24.6. The Labute approximate surface area is 222 Å². The van der Waals surface area contributed by atoms with Crippen LogP contribution in [0.2, 0.25) is 0 Å². The summed E-state index contributed by atoms with van der Waals surface area (Å²) in [6.07, 6.45) is 29.3. The van der Waals surface area contributed by atoms with E-state index in [1.165, 1.54) is 127 Å². The first kappa shape index (κ1) is 27.3. The second-order valence-electron chi connectivity index (χ2n) is 12.1. The van der Waals surface area contributed by atoms with Gasteiger partial charge in [0.05, 0.1) is 0 Å². The van der Waals surface area contributed by atoms with Gasteiger partial charge in [0.25, 0.3) is 0 Å². The zero-order chi connectivity index (χ0) is 25.0. The summed E-state index contributed by atoms with van der Waals surface area (Å²) in [5.41, 5.74) is 4.03. The molecule has 0 N–H and O–H groups in total. The molecule has 0 saturated heterocycles. The molecule has 36 heavy (non-hydrogen) atoms. The summed E-state index contributed by atoms with van der Waals surface area (Å²) in [5, 5.41) is 0. The lowest BCUT2D eigenvalue weighted by atomic mass is 9.77. The topological polar surface area (TPSA) is 25.8 Å². The first-order chi connectivity index (χ1) is 17.8. The van der Waals surface area contributed by atoms with Crippen LogP contribution in [-0.4, -0.2) is 9.97 Å². The number of unbranched alkanes of at least 4 members (excludes halogenated alkanes) is 6. The number of nitrogens with zero attached hydrogens (tertiary/aromatic N) is 2. The first-order valence-electron chi connectivity index (χ1n) is 15.7. The third-order valence-corrected chi connectivity index (χ3v) is 9.41. The van der Waals surface area contributed by atoms with Crippen LogP contribution in [0.3, 0.4) is 0 Å². The number of rotatable bonds is 13. The molecule has 0 spiro atoms. The summed E-state index contributed by atoms with van der Waals surface area (Å²) in [6, 6.07) is 9.21. The van der Waals surface area contributed by atoms with E-state index < -0.39 is 0 Å². The summed E-state index contributed by atoms with van der Waals surface area (Å²) in [6.45, 7) is 4.61. The molecule has 2 fully saturated rings. The fourth-order valence-electron chi connectivity index (χ4n) is 6.89. The van der Waals surface area contributed by atoms with E-state index in [1.807, 2.05) is 0 Å². The third-order valence-electron chi connectivity index (χ3n) is 9.41. The highest BCUT2D eigenvalue weighted by atomic mass is 14.9. The highest BCUT2D eigenvalue weighted by Crippen LogP contribution is 2.39. The Morgan fingerprint density at radius 1 is 0.556 bits per heavy atom. The lowest BCUT2D eigenvalue weighted by molar-refractivity contribution is 0.302. The van der Waals surface area contributed by atoms with Gasteiger partial charge in [0.1, 0.15) is 0 Å². The van der Waals surface area contributed by atoms with E-state index in [9.17, 15) is 0 Å². The van der Waals surface area contributed by atoms with Crippen LogP contribution in [0, 0.1) is 11.8 Å². The molecule has 2 aliphatic rings. The van der Waals surface area contributed by atoms with Crippen LogP contribution < -0.4 is 0 Å². The maximum atomic E-state index is 4.79. The molecule has 0 aliphatic heterocycles. The molecule has 1 heterocycles. The van der Waals surface area contributed by atoms with Crippen molar-refractivity contribution in [1.29, 1.82) is 0 Å². The van der Waals surface area contributed by atoms with Crippen molar-refractivity contribution in [2.45, 2.75) is 141 Å². The molecule has 4 rings (SSSR count). The van der Waals surface area contributed by atoms with Crippen molar-refractivity contribution < 1.29 is 0 Å². The van der Waals surface area contributed by atoms with Crippen LogP contribution in [0.4, 0.5) is 0 Å². The average Bonchev–Trinajstić information content (AvgIpc) is 2.94. The molecule has 2 aliphatic carbocycles. The van der Waals surface area contributed by atoms with Gasteiger partial charge in [-0.1, -0.05) is 102 Å². The van der Waals surface area contributed by atoms with Crippen molar-refractivity contribution >= 4 is 0 Å². The largest absolute Gasteiger partial charge is 0.236 e. The first-order valence-corrected chi connectivity index (χ1v) is 15.7. The number of hydrogen-bond acceptors (Lipinski definition) is 2. The van der Waals surface area contributed by atoms with Gasteiger partial charge >= 0.3 is 0 Å². The smallest absolute Gasteiger partial charge is 0.159 e. The minimum absolute atomic E-state index is 0.662. The van der Waals surface area contributed by atoms with E-state index in [1.54, 1.807) is 0 Å². The van der Waals surface area contributed by atoms with E-state index in [2.05, 4.69) is 50.5 Å². The van der Waals surface area contributed by atoms with E-state index in [0.717, 1.165) is 29.1 Å². The van der Waals surface area contributed by atoms with Crippen LogP contribution in [0.1, 0.15) is 152 Å². The molecule has 0 amide bonds. The van der Waals surface area contributed by atoms with Gasteiger partial charge in [-0.3, -0.25) is 0 Å². The van der Waals surface area contributed by atoms with Crippen molar-refractivity contribution in [1.82, 2.24) is 9.97 Å². The van der Waals surface area contributed by atoms with Crippen LogP contribution in [0.25, 0.3) is 11.4 Å². The molecule has 0 unspecified atom stereocenters. The Morgan fingerprint density at radius 2 is 1.03 bits per heavy atom. The van der Waals surface area contributed by atoms with Crippen LogP contribution in [0.5, 0.6) is 0 Å². The lowest BCUT2D eigenvalue weighted by Crippen LogP contribution is -2.14. The van der Waals surface area contributed by atoms with Crippen molar-refractivity contribution in [3.8, 4) is 11.4 Å². The number of aromatic nitrogens is 2. The molecule has 198 valence electrons. The quantitative estimate of drug-likeness (QED) is 0.262. The fourth-order valence-corrected chi connectivity index (χ4v) is 6.89. The maximum absolute atomic E-state index is 4.79. The van der Waals surface area contributed by atoms with Crippen LogP contribution >= 0.6 is 0 Å². The molecule has 2 nitrogen and oxygen atoms in total. The zero-order valence-electron chi connectivity index (χ0n) is 23.4. The summed E-state index contributed by atoms with van der Waals surface area (Å²) in [5.74, 6) is 4.22. The summed E-state index contributed by atoms with van der Waals surface area (Å²) in [4.78, 5) is 9.58. The van der Waals surface area contributed by atoms with Gasteiger partial charge < -0.3 is 0 Å². The Balaban J connectivity index is 1.21. The summed E-state index contributed by atoms with van der Waals surface area (Å²) in [7, 11) is 0. The van der Waals surface area contributed by atoms with Gasteiger partial charge in [0.15, 0.2) is 5.82 Å². The van der Waals surface area contributed by atoms with E-state index in [4.69, 9.17) is 9.97 Å². The Morgan fingerprint density at radius 3 is 1.58 bits per heavy atom. The molecule has 1 aromatic carbocycles. The minimum Gasteiger partial charge on any atom is -0.236 e. The van der Waals surface area contributed by atoms with Gasteiger partial charge in [-0.15, -0.1) is 0 Å². The maximum Gasteiger partial charge on any atom is 0.159 e. The average molecular weight is 489 g/mol. The van der Waals surface area contributed by atoms with Crippen LogP contribution in [-0.2, 0) is 0 Å². The summed E-state index contributed by atoms with van der Waals surface area (Å²) < 4.78 is 0. The second kappa shape index (κ2) is 14.9. The lowest BCUT2D eigenvalue weighted by Gasteiger charge is -2.29. The third kappa shape index (κ3) is 8.15. The predicted molar refractivity (Wildman–Crippen MR) is 154 cm³/mol. The predicted octanol–water partition coefficient (Wildman–Crippen LogP) is 10.6. The van der Waals surface area contributed by atoms with Crippen molar-refractivity contribution in [3.63, 3.8) is 0 Å². The molecular weight excluding hydrogens is 436 g/mol. The SMILES string of the molecule is CCCCCCC[C@H]1CC[C@H](c2ccc(-c3ncc([C@H]4CC[C@H](CCCCC)CC4)cn3)cc2)CC1. The molecule has 0 radical (unpaired) electrons. The van der Waals surface area contributed by atoms with E-state index in [-0.39, 0.29) is 0 Å². The molecule has 0 atom stereocenters. The Hall–Kier alpha value is -1.70. The molecule has 0 bridgehead atoms. The van der Waals surface area contributed by atoms with E-state index in [0.29, 0.717) is 5.92 Å². The highest BCUT2D eigenvalue weighted by Gasteiger charge is 2.24. The standard InChI is InChI=1S/C34H52N2/c1-3-5-7-8-10-12-28-13-17-29(18-14-28)30-21-23-32(24-22-30)34-35-25-33(26-36-34)31-19-15-27(16-20-31)11-9-6-4-2/h21-29,31H,3-20H2,1-2H3/t27-,28-,29-,31-. The van der Waals surface area contributed by atoms with Gasteiger partial charge in [-0.05, 0) is 86.2 Å². The summed E-state index contributed by atoms with van der Waals surface area (Å²) >= 11 is 0. The number of benzene rings is 1. The molecule has 1 aromatic heterocycles. The minimum atomic E-state index is 0.662. The molecular formula is C34H52N2. The van der Waals surface area contributed by atoms with Gasteiger partial charge in [0.2, 0.25) is 0 Å².